The molecule has 0 saturated heterocycles. The van der Waals surface area contributed by atoms with Crippen LogP contribution in [0, 0.1) is 31.3 Å². The van der Waals surface area contributed by atoms with Crippen molar-refractivity contribution < 1.29 is 18.0 Å². The summed E-state index contributed by atoms with van der Waals surface area (Å²) < 4.78 is 40.4. The first-order chi connectivity index (χ1) is 11.3. The molecule has 2 aromatic rings. The van der Waals surface area contributed by atoms with E-state index in [1.54, 1.807) is 25.3 Å². The molecule has 0 aromatic heterocycles. The van der Waals surface area contributed by atoms with Gasteiger partial charge in [0.25, 0.3) is 0 Å². The van der Waals surface area contributed by atoms with Crippen LogP contribution in [0.2, 0.25) is 0 Å². The van der Waals surface area contributed by atoms with E-state index in [0.29, 0.717) is 23.3 Å². The smallest absolute Gasteiger partial charge is 0.167 e. The predicted molar refractivity (Wildman–Crippen MR) is 88.7 cm³/mol. The van der Waals surface area contributed by atoms with E-state index in [9.17, 15) is 18.0 Å². The van der Waals surface area contributed by atoms with E-state index in [2.05, 4.69) is 4.99 Å². The van der Waals surface area contributed by atoms with Gasteiger partial charge in [-0.2, -0.15) is 0 Å². The number of benzene rings is 2. The zero-order chi connectivity index (χ0) is 17.9. The van der Waals surface area contributed by atoms with Gasteiger partial charge in [-0.3, -0.25) is 9.79 Å². The highest BCUT2D eigenvalue weighted by atomic mass is 19.1. The van der Waals surface area contributed by atoms with Crippen LogP contribution in [0.4, 0.5) is 18.9 Å². The van der Waals surface area contributed by atoms with E-state index in [1.807, 2.05) is 13.8 Å². The van der Waals surface area contributed by atoms with E-state index < -0.39 is 35.2 Å². The number of hydrogen-bond acceptors (Lipinski definition) is 2. The lowest BCUT2D eigenvalue weighted by Gasteiger charge is -2.10. The summed E-state index contributed by atoms with van der Waals surface area (Å²) in [6.45, 7) is 5.53. The Labute approximate surface area is 139 Å². The number of hydrogen-bond donors (Lipinski definition) is 0. The lowest BCUT2D eigenvalue weighted by atomic mass is 9.96. The first-order valence-electron chi connectivity index (χ1n) is 7.63. The van der Waals surface area contributed by atoms with Gasteiger partial charge < -0.3 is 0 Å². The molecule has 2 nitrogen and oxygen atoms in total. The second-order valence-electron chi connectivity index (χ2n) is 5.62. The summed E-state index contributed by atoms with van der Waals surface area (Å²) in [7, 11) is 0. The van der Waals surface area contributed by atoms with E-state index in [-0.39, 0.29) is 0 Å². The standard InChI is InChI=1S/C19H18F3NO/c1-4-5-23-18-7-11(2)14(6-12(18)3)19(24)10-15-16(21)8-13(20)9-17(15)22/h5-9H,4,10H2,1-3H3. The largest absolute Gasteiger partial charge is 0.294 e. The number of nitrogens with zero attached hydrogens (tertiary/aromatic N) is 1. The van der Waals surface area contributed by atoms with Crippen molar-refractivity contribution in [1.82, 2.24) is 0 Å². The minimum Gasteiger partial charge on any atom is -0.294 e. The Bertz CT molecular complexity index is 789. The molecule has 0 bridgehead atoms. The van der Waals surface area contributed by atoms with Crippen molar-refractivity contribution in [2.75, 3.05) is 0 Å². The van der Waals surface area contributed by atoms with Crippen LogP contribution in [0.25, 0.3) is 0 Å². The summed E-state index contributed by atoms with van der Waals surface area (Å²) in [5.41, 5.74) is 2.19. The molecule has 0 aliphatic heterocycles. The third-order valence-electron chi connectivity index (χ3n) is 3.70. The molecular formula is C19H18F3NO. The molecule has 0 atom stereocenters. The van der Waals surface area contributed by atoms with Gasteiger partial charge in [-0.15, -0.1) is 0 Å². The Balaban J connectivity index is 2.34. The Morgan fingerprint density at radius 1 is 1.04 bits per heavy atom. The molecule has 24 heavy (non-hydrogen) atoms. The number of carbonyl (C=O) groups is 1. The summed E-state index contributed by atoms with van der Waals surface area (Å²) in [6.07, 6.45) is 2.10. The van der Waals surface area contributed by atoms with Crippen molar-refractivity contribution in [3.05, 3.63) is 64.0 Å². The highest BCUT2D eigenvalue weighted by molar-refractivity contribution is 5.99. The van der Waals surface area contributed by atoms with E-state index in [4.69, 9.17) is 0 Å². The van der Waals surface area contributed by atoms with Crippen LogP contribution >= 0.6 is 0 Å². The number of aliphatic imine (C=N–C) groups is 1. The quantitative estimate of drug-likeness (QED) is 0.542. The Kier molecular flexibility index (Phi) is 5.54. The predicted octanol–water partition coefficient (Wildman–Crippen LogP) is 5.26. The van der Waals surface area contributed by atoms with Crippen LogP contribution < -0.4 is 0 Å². The lowest BCUT2D eigenvalue weighted by molar-refractivity contribution is 0.0990. The SMILES string of the molecule is CCC=Nc1cc(C)c(C(=O)Cc2c(F)cc(F)cc2F)cc1C. The number of halogens is 3. The molecule has 0 aliphatic rings. The molecule has 0 saturated carbocycles. The maximum absolute atomic E-state index is 13.7. The molecule has 0 aliphatic carbocycles. The van der Waals surface area contributed by atoms with Crippen molar-refractivity contribution in [2.24, 2.45) is 4.99 Å². The first kappa shape index (κ1) is 17.9. The van der Waals surface area contributed by atoms with Crippen molar-refractivity contribution >= 4 is 17.7 Å². The van der Waals surface area contributed by atoms with Gasteiger partial charge in [0.15, 0.2) is 5.78 Å². The molecule has 0 spiro atoms. The van der Waals surface area contributed by atoms with Crippen molar-refractivity contribution in [3.8, 4) is 0 Å². The maximum Gasteiger partial charge on any atom is 0.167 e. The molecule has 2 rings (SSSR count). The molecule has 0 radical (unpaired) electrons. The van der Waals surface area contributed by atoms with E-state index in [1.165, 1.54) is 0 Å². The number of Topliss-reactive ketones (excluding diaryl/α,β-unsaturated/α-hetero) is 1. The van der Waals surface area contributed by atoms with Gasteiger partial charge in [-0.25, -0.2) is 13.2 Å². The Morgan fingerprint density at radius 3 is 2.25 bits per heavy atom. The van der Waals surface area contributed by atoms with Crippen LogP contribution in [0.15, 0.2) is 29.3 Å². The lowest BCUT2D eigenvalue weighted by Crippen LogP contribution is -2.09. The molecule has 0 amide bonds. The summed E-state index contributed by atoms with van der Waals surface area (Å²) in [5, 5.41) is 0. The first-order valence-corrected chi connectivity index (χ1v) is 7.63. The summed E-state index contributed by atoms with van der Waals surface area (Å²) in [4.78, 5) is 16.7. The highest BCUT2D eigenvalue weighted by Crippen LogP contribution is 2.25. The van der Waals surface area contributed by atoms with Gasteiger partial charge in [0.2, 0.25) is 0 Å². The monoisotopic (exact) mass is 333 g/mol. The number of rotatable bonds is 5. The van der Waals surface area contributed by atoms with Gasteiger partial charge in [-0.05, 0) is 43.5 Å². The van der Waals surface area contributed by atoms with Gasteiger partial charge >= 0.3 is 0 Å². The normalized spacial score (nSPS) is 11.2. The minimum absolute atomic E-state index is 0.381. The fraction of sp³-hybridized carbons (Fsp3) is 0.263. The average molecular weight is 333 g/mol. The number of ketones is 1. The Morgan fingerprint density at radius 2 is 1.67 bits per heavy atom. The third-order valence-corrected chi connectivity index (χ3v) is 3.70. The topological polar surface area (TPSA) is 29.4 Å². The van der Waals surface area contributed by atoms with E-state index in [0.717, 1.165) is 17.7 Å². The van der Waals surface area contributed by atoms with Crippen LogP contribution in [-0.2, 0) is 6.42 Å². The van der Waals surface area contributed by atoms with Crippen LogP contribution in [-0.4, -0.2) is 12.0 Å². The molecule has 5 heteroatoms. The van der Waals surface area contributed by atoms with Gasteiger partial charge in [0.1, 0.15) is 17.5 Å². The Hall–Kier alpha value is -2.43. The third kappa shape index (κ3) is 3.91. The summed E-state index contributed by atoms with van der Waals surface area (Å²) in [5.74, 6) is -3.55. The number of carbonyl (C=O) groups excluding carboxylic acids is 1. The van der Waals surface area contributed by atoms with E-state index >= 15 is 0 Å². The second kappa shape index (κ2) is 7.43. The molecule has 0 N–H and O–H groups in total. The van der Waals surface area contributed by atoms with Gasteiger partial charge in [0.05, 0.1) is 5.69 Å². The average Bonchev–Trinajstić information content (AvgIpc) is 2.51. The zero-order valence-electron chi connectivity index (χ0n) is 13.8. The maximum atomic E-state index is 13.7. The number of aryl methyl sites for hydroxylation is 2. The van der Waals surface area contributed by atoms with Crippen LogP contribution in [0.3, 0.4) is 0 Å². The fourth-order valence-electron chi connectivity index (χ4n) is 2.43. The molecular weight excluding hydrogens is 315 g/mol. The molecule has 0 heterocycles. The fourth-order valence-corrected chi connectivity index (χ4v) is 2.43. The van der Waals surface area contributed by atoms with Crippen molar-refractivity contribution in [3.63, 3.8) is 0 Å². The van der Waals surface area contributed by atoms with Crippen molar-refractivity contribution in [1.29, 1.82) is 0 Å². The van der Waals surface area contributed by atoms with Gasteiger partial charge in [-0.1, -0.05) is 6.92 Å². The highest BCUT2D eigenvalue weighted by Gasteiger charge is 2.18. The molecule has 0 unspecified atom stereocenters. The van der Waals surface area contributed by atoms with Gasteiger partial charge in [0, 0.05) is 35.9 Å². The molecule has 126 valence electrons. The summed E-state index contributed by atoms with van der Waals surface area (Å²) in [6, 6.07) is 4.59. The molecule has 2 aromatic carbocycles. The van der Waals surface area contributed by atoms with Crippen LogP contribution in [0.1, 0.15) is 40.4 Å². The zero-order valence-corrected chi connectivity index (χ0v) is 13.8. The molecule has 0 fully saturated rings. The summed E-state index contributed by atoms with van der Waals surface area (Å²) >= 11 is 0. The van der Waals surface area contributed by atoms with Crippen LogP contribution in [0.5, 0.6) is 0 Å². The second-order valence-corrected chi connectivity index (χ2v) is 5.62. The minimum atomic E-state index is -1.06. The van der Waals surface area contributed by atoms with Crippen molar-refractivity contribution in [2.45, 2.75) is 33.6 Å².